The molecule has 1 aliphatic rings. The van der Waals surface area contributed by atoms with Gasteiger partial charge in [-0.2, -0.15) is 0 Å². The van der Waals surface area contributed by atoms with Crippen LogP contribution in [-0.4, -0.2) is 37.0 Å². The standard InChI is InChI=1S/C13H18N2O.ClH/c16-13(11-12-5-2-1-3-6-12)15-9-4-7-14-8-10-15;/h1-3,5-6,14H,4,7-11H2;1H. The van der Waals surface area contributed by atoms with E-state index < -0.39 is 0 Å². The Morgan fingerprint density at radius 2 is 1.94 bits per heavy atom. The Hall–Kier alpha value is -1.06. The van der Waals surface area contributed by atoms with Crippen LogP contribution in [0.2, 0.25) is 0 Å². The van der Waals surface area contributed by atoms with E-state index in [0.717, 1.165) is 38.2 Å². The van der Waals surface area contributed by atoms with Gasteiger partial charge in [0.2, 0.25) is 5.91 Å². The summed E-state index contributed by atoms with van der Waals surface area (Å²) in [5, 5.41) is 3.30. The number of halogens is 1. The van der Waals surface area contributed by atoms with Crippen molar-refractivity contribution in [3.63, 3.8) is 0 Å². The molecule has 1 aliphatic heterocycles. The molecule has 1 N–H and O–H groups in total. The van der Waals surface area contributed by atoms with Crippen LogP contribution in [0.25, 0.3) is 0 Å². The topological polar surface area (TPSA) is 32.3 Å². The normalized spacial score (nSPS) is 15.9. The van der Waals surface area contributed by atoms with E-state index in [1.54, 1.807) is 0 Å². The first-order valence-corrected chi connectivity index (χ1v) is 5.89. The van der Waals surface area contributed by atoms with E-state index in [-0.39, 0.29) is 18.3 Å². The Labute approximate surface area is 109 Å². The highest BCUT2D eigenvalue weighted by atomic mass is 35.5. The van der Waals surface area contributed by atoms with Crippen LogP contribution in [0.4, 0.5) is 0 Å². The van der Waals surface area contributed by atoms with Crippen LogP contribution >= 0.6 is 12.4 Å². The van der Waals surface area contributed by atoms with Gasteiger partial charge in [-0.15, -0.1) is 12.4 Å². The van der Waals surface area contributed by atoms with Crippen LogP contribution in [0.15, 0.2) is 30.3 Å². The summed E-state index contributed by atoms with van der Waals surface area (Å²) in [6.07, 6.45) is 1.58. The van der Waals surface area contributed by atoms with Crippen molar-refractivity contribution in [1.82, 2.24) is 10.2 Å². The SMILES string of the molecule is Cl.O=C(Cc1ccccc1)N1CCCNCC1. The van der Waals surface area contributed by atoms with Crippen molar-refractivity contribution < 1.29 is 4.79 Å². The zero-order chi connectivity index (χ0) is 11.2. The molecule has 0 bridgehead atoms. The highest BCUT2D eigenvalue weighted by Gasteiger charge is 2.14. The molecule has 1 aromatic carbocycles. The van der Waals surface area contributed by atoms with E-state index in [1.165, 1.54) is 0 Å². The molecule has 1 amide bonds. The summed E-state index contributed by atoms with van der Waals surface area (Å²) >= 11 is 0. The first-order chi connectivity index (χ1) is 7.86. The third-order valence-electron chi connectivity index (χ3n) is 2.89. The molecule has 94 valence electrons. The smallest absolute Gasteiger partial charge is 0.227 e. The lowest BCUT2D eigenvalue weighted by molar-refractivity contribution is -0.130. The molecule has 1 heterocycles. The molecule has 0 aromatic heterocycles. The van der Waals surface area contributed by atoms with Crippen LogP contribution in [0.1, 0.15) is 12.0 Å². The minimum atomic E-state index is 0. The zero-order valence-corrected chi connectivity index (χ0v) is 10.7. The molecule has 4 heteroatoms. The predicted molar refractivity (Wildman–Crippen MR) is 71.5 cm³/mol. The molecule has 0 spiro atoms. The van der Waals surface area contributed by atoms with Gasteiger partial charge in [0.05, 0.1) is 6.42 Å². The predicted octanol–water partition coefficient (Wildman–Crippen LogP) is 1.47. The van der Waals surface area contributed by atoms with Gasteiger partial charge in [0.1, 0.15) is 0 Å². The molecule has 2 rings (SSSR count). The number of carbonyl (C=O) groups is 1. The van der Waals surface area contributed by atoms with Gasteiger partial charge in [0.25, 0.3) is 0 Å². The largest absolute Gasteiger partial charge is 0.341 e. The van der Waals surface area contributed by atoms with E-state index in [4.69, 9.17) is 0 Å². The zero-order valence-electron chi connectivity index (χ0n) is 9.89. The lowest BCUT2D eigenvalue weighted by atomic mass is 10.1. The molecular weight excluding hydrogens is 236 g/mol. The molecule has 0 saturated carbocycles. The monoisotopic (exact) mass is 254 g/mol. The van der Waals surface area contributed by atoms with Gasteiger partial charge in [-0.25, -0.2) is 0 Å². The van der Waals surface area contributed by atoms with E-state index in [9.17, 15) is 4.79 Å². The third-order valence-corrected chi connectivity index (χ3v) is 2.89. The number of hydrogen-bond donors (Lipinski definition) is 1. The van der Waals surface area contributed by atoms with Crippen molar-refractivity contribution in [1.29, 1.82) is 0 Å². The first kappa shape index (κ1) is 14.0. The number of nitrogens with zero attached hydrogens (tertiary/aromatic N) is 1. The second-order valence-electron chi connectivity index (χ2n) is 4.15. The van der Waals surface area contributed by atoms with Crippen molar-refractivity contribution in [2.24, 2.45) is 0 Å². The van der Waals surface area contributed by atoms with E-state index in [1.807, 2.05) is 35.2 Å². The van der Waals surface area contributed by atoms with Crippen LogP contribution in [0.3, 0.4) is 0 Å². The van der Waals surface area contributed by atoms with E-state index in [2.05, 4.69) is 5.32 Å². The van der Waals surface area contributed by atoms with Gasteiger partial charge in [0.15, 0.2) is 0 Å². The Kier molecular flexibility index (Phi) is 6.01. The molecule has 0 aliphatic carbocycles. The Balaban J connectivity index is 0.00000144. The third kappa shape index (κ3) is 4.36. The Morgan fingerprint density at radius 3 is 2.71 bits per heavy atom. The fourth-order valence-electron chi connectivity index (χ4n) is 1.98. The molecule has 17 heavy (non-hydrogen) atoms. The van der Waals surface area contributed by atoms with Crippen LogP contribution in [0, 0.1) is 0 Å². The number of rotatable bonds is 2. The van der Waals surface area contributed by atoms with Crippen molar-refractivity contribution >= 4 is 18.3 Å². The Morgan fingerprint density at radius 1 is 1.18 bits per heavy atom. The number of benzene rings is 1. The van der Waals surface area contributed by atoms with Gasteiger partial charge < -0.3 is 10.2 Å². The molecule has 0 atom stereocenters. The second-order valence-corrected chi connectivity index (χ2v) is 4.15. The van der Waals surface area contributed by atoms with E-state index in [0.29, 0.717) is 6.42 Å². The Bertz CT molecular complexity index is 335. The molecule has 0 radical (unpaired) electrons. The molecule has 0 unspecified atom stereocenters. The number of hydrogen-bond acceptors (Lipinski definition) is 2. The maximum absolute atomic E-state index is 12.0. The van der Waals surface area contributed by atoms with Gasteiger partial charge in [-0.1, -0.05) is 30.3 Å². The minimum Gasteiger partial charge on any atom is -0.341 e. The summed E-state index contributed by atoms with van der Waals surface area (Å²) < 4.78 is 0. The summed E-state index contributed by atoms with van der Waals surface area (Å²) in [7, 11) is 0. The van der Waals surface area contributed by atoms with Crippen LogP contribution in [-0.2, 0) is 11.2 Å². The van der Waals surface area contributed by atoms with Crippen molar-refractivity contribution in [3.05, 3.63) is 35.9 Å². The van der Waals surface area contributed by atoms with Gasteiger partial charge in [-0.3, -0.25) is 4.79 Å². The summed E-state index contributed by atoms with van der Waals surface area (Å²) in [4.78, 5) is 14.0. The van der Waals surface area contributed by atoms with Crippen molar-refractivity contribution in [2.45, 2.75) is 12.8 Å². The average molecular weight is 255 g/mol. The molecule has 3 nitrogen and oxygen atoms in total. The van der Waals surface area contributed by atoms with Crippen molar-refractivity contribution in [3.8, 4) is 0 Å². The molecule has 1 fully saturated rings. The highest BCUT2D eigenvalue weighted by molar-refractivity contribution is 5.85. The summed E-state index contributed by atoms with van der Waals surface area (Å²) in [5.41, 5.74) is 1.10. The lowest BCUT2D eigenvalue weighted by Crippen LogP contribution is -2.35. The van der Waals surface area contributed by atoms with Crippen LogP contribution < -0.4 is 5.32 Å². The highest BCUT2D eigenvalue weighted by Crippen LogP contribution is 2.04. The number of nitrogens with one attached hydrogen (secondary N) is 1. The lowest BCUT2D eigenvalue weighted by Gasteiger charge is -2.19. The maximum Gasteiger partial charge on any atom is 0.227 e. The van der Waals surface area contributed by atoms with Crippen molar-refractivity contribution in [2.75, 3.05) is 26.2 Å². The quantitative estimate of drug-likeness (QED) is 0.867. The van der Waals surface area contributed by atoms with Gasteiger partial charge in [0, 0.05) is 19.6 Å². The molecular formula is C13H19ClN2O. The molecule has 1 saturated heterocycles. The van der Waals surface area contributed by atoms with Gasteiger partial charge >= 0.3 is 0 Å². The summed E-state index contributed by atoms with van der Waals surface area (Å²) in [6.45, 7) is 3.67. The number of amides is 1. The summed E-state index contributed by atoms with van der Waals surface area (Å²) in [6, 6.07) is 9.95. The summed E-state index contributed by atoms with van der Waals surface area (Å²) in [5.74, 6) is 0.245. The fraction of sp³-hybridized carbons (Fsp3) is 0.462. The minimum absolute atomic E-state index is 0. The van der Waals surface area contributed by atoms with Gasteiger partial charge in [-0.05, 0) is 18.5 Å². The van der Waals surface area contributed by atoms with E-state index >= 15 is 0 Å². The second kappa shape index (κ2) is 7.30. The average Bonchev–Trinajstić information content (AvgIpc) is 2.59. The van der Waals surface area contributed by atoms with Crippen LogP contribution in [0.5, 0.6) is 0 Å². The molecule has 1 aromatic rings. The first-order valence-electron chi connectivity index (χ1n) is 5.89. The maximum atomic E-state index is 12.0. The number of carbonyl (C=O) groups excluding carboxylic acids is 1. The fourth-order valence-corrected chi connectivity index (χ4v) is 1.98.